The summed E-state index contributed by atoms with van der Waals surface area (Å²) in [5, 5.41) is 6.37. The van der Waals surface area contributed by atoms with Crippen LogP contribution in [0.5, 0.6) is 11.5 Å². The largest absolute Gasteiger partial charge is 0.493 e. The smallest absolute Gasteiger partial charge is 0.223 e. The maximum absolute atomic E-state index is 12.3. The molecule has 6 heteroatoms. The van der Waals surface area contributed by atoms with Crippen molar-refractivity contribution in [3.63, 3.8) is 0 Å². The van der Waals surface area contributed by atoms with E-state index in [-0.39, 0.29) is 24.2 Å². The van der Waals surface area contributed by atoms with E-state index in [1.807, 2.05) is 18.2 Å². The molecule has 2 rings (SSSR count). The number of carbonyl (C=O) groups is 1. The number of amides is 1. The first-order valence-electron chi connectivity index (χ1n) is 7.36. The molecule has 5 nitrogen and oxygen atoms in total. The molecule has 0 unspecified atom stereocenters. The number of ether oxygens (including phenoxy) is 2. The molecule has 1 saturated heterocycles. The second kappa shape index (κ2) is 8.86. The first-order valence-corrected chi connectivity index (χ1v) is 7.36. The molecule has 1 aliphatic heterocycles. The predicted molar refractivity (Wildman–Crippen MR) is 88.8 cm³/mol. The third-order valence-electron chi connectivity index (χ3n) is 3.93. The molecular formula is C16H25ClN2O3. The minimum Gasteiger partial charge on any atom is -0.493 e. The van der Waals surface area contributed by atoms with Gasteiger partial charge in [-0.1, -0.05) is 12.1 Å². The molecular weight excluding hydrogens is 304 g/mol. The Labute approximate surface area is 138 Å². The molecule has 1 aromatic carbocycles. The Bertz CT molecular complexity index is 496. The number of hydrogen-bond donors (Lipinski definition) is 2. The molecule has 2 N–H and O–H groups in total. The molecule has 0 spiro atoms. The van der Waals surface area contributed by atoms with E-state index in [2.05, 4.69) is 17.6 Å². The summed E-state index contributed by atoms with van der Waals surface area (Å²) >= 11 is 0. The van der Waals surface area contributed by atoms with Crippen molar-refractivity contribution < 1.29 is 14.3 Å². The van der Waals surface area contributed by atoms with Crippen molar-refractivity contribution in [3.8, 4) is 11.5 Å². The third kappa shape index (κ3) is 4.52. The number of methoxy groups -OCH3 is 2. The Morgan fingerprint density at radius 1 is 1.36 bits per heavy atom. The molecule has 0 aliphatic carbocycles. The molecule has 0 saturated carbocycles. The number of piperidine rings is 1. The molecule has 1 fully saturated rings. The highest BCUT2D eigenvalue weighted by molar-refractivity contribution is 5.85. The van der Waals surface area contributed by atoms with Crippen molar-refractivity contribution in [2.75, 3.05) is 20.8 Å². The lowest BCUT2D eigenvalue weighted by Crippen LogP contribution is -2.42. The van der Waals surface area contributed by atoms with Crippen LogP contribution >= 0.6 is 12.4 Å². The standard InChI is InChI=1S/C16H24N2O3.ClH/c1-11-9-12(7-8-17-11)16(19)18-10-13-5-4-6-14(20-2)15(13)21-3;/h4-6,11-12,17H,7-10H2,1-3H3,(H,18,19);1H/t11-,12-;/m0./s1. The molecule has 124 valence electrons. The molecule has 22 heavy (non-hydrogen) atoms. The lowest BCUT2D eigenvalue weighted by atomic mass is 9.92. The lowest BCUT2D eigenvalue weighted by molar-refractivity contribution is -0.126. The van der Waals surface area contributed by atoms with Crippen molar-refractivity contribution in [1.29, 1.82) is 0 Å². The van der Waals surface area contributed by atoms with Crippen molar-refractivity contribution in [1.82, 2.24) is 10.6 Å². The maximum atomic E-state index is 12.3. The molecule has 0 aromatic heterocycles. The highest BCUT2D eigenvalue weighted by Gasteiger charge is 2.24. The van der Waals surface area contributed by atoms with Crippen molar-refractivity contribution in [2.45, 2.75) is 32.4 Å². The molecule has 1 amide bonds. The normalized spacial score (nSPS) is 20.7. The number of benzene rings is 1. The molecule has 0 bridgehead atoms. The van der Waals surface area contributed by atoms with Gasteiger partial charge in [0.1, 0.15) is 0 Å². The summed E-state index contributed by atoms with van der Waals surface area (Å²) in [6.07, 6.45) is 1.78. The minimum atomic E-state index is 0. The van der Waals surface area contributed by atoms with E-state index in [1.54, 1.807) is 14.2 Å². The fourth-order valence-corrected chi connectivity index (χ4v) is 2.79. The topological polar surface area (TPSA) is 59.6 Å². The van der Waals surface area contributed by atoms with E-state index < -0.39 is 0 Å². The van der Waals surface area contributed by atoms with Crippen LogP contribution in [0.4, 0.5) is 0 Å². The predicted octanol–water partition coefficient (Wildman–Crippen LogP) is 2.13. The van der Waals surface area contributed by atoms with Gasteiger partial charge in [0, 0.05) is 24.1 Å². The summed E-state index contributed by atoms with van der Waals surface area (Å²) in [6, 6.07) is 6.08. The summed E-state index contributed by atoms with van der Waals surface area (Å²) in [7, 11) is 3.22. The zero-order chi connectivity index (χ0) is 15.2. The third-order valence-corrected chi connectivity index (χ3v) is 3.93. The summed E-state index contributed by atoms with van der Waals surface area (Å²) in [4.78, 5) is 12.3. The molecule has 2 atom stereocenters. The zero-order valence-corrected chi connectivity index (χ0v) is 14.2. The fraction of sp³-hybridized carbons (Fsp3) is 0.562. The summed E-state index contributed by atoms with van der Waals surface area (Å²) in [5.74, 6) is 1.57. The van der Waals surface area contributed by atoms with Crippen LogP contribution in [-0.4, -0.2) is 32.7 Å². The van der Waals surface area contributed by atoms with Gasteiger partial charge in [-0.3, -0.25) is 4.79 Å². The molecule has 1 aromatic rings. The zero-order valence-electron chi connectivity index (χ0n) is 13.3. The molecule has 0 radical (unpaired) electrons. The van der Waals surface area contributed by atoms with Crippen LogP contribution in [0.15, 0.2) is 18.2 Å². The van der Waals surface area contributed by atoms with Gasteiger partial charge in [0.25, 0.3) is 0 Å². The summed E-state index contributed by atoms with van der Waals surface area (Å²) in [5.41, 5.74) is 0.923. The van der Waals surface area contributed by atoms with Crippen molar-refractivity contribution in [2.24, 2.45) is 5.92 Å². The fourth-order valence-electron chi connectivity index (χ4n) is 2.79. The maximum Gasteiger partial charge on any atom is 0.223 e. The number of carbonyl (C=O) groups excluding carboxylic acids is 1. The first kappa shape index (κ1) is 18.6. The van der Waals surface area contributed by atoms with Crippen LogP contribution in [-0.2, 0) is 11.3 Å². The van der Waals surface area contributed by atoms with Crippen LogP contribution in [0, 0.1) is 5.92 Å². The van der Waals surface area contributed by atoms with E-state index in [9.17, 15) is 4.79 Å². The second-order valence-electron chi connectivity index (χ2n) is 5.45. The number of para-hydroxylation sites is 1. The van der Waals surface area contributed by atoms with E-state index in [0.29, 0.717) is 24.1 Å². The lowest BCUT2D eigenvalue weighted by Gasteiger charge is -2.27. The van der Waals surface area contributed by atoms with Gasteiger partial charge in [-0.25, -0.2) is 0 Å². The Balaban J connectivity index is 0.00000242. The van der Waals surface area contributed by atoms with Gasteiger partial charge in [-0.05, 0) is 32.4 Å². The second-order valence-corrected chi connectivity index (χ2v) is 5.45. The van der Waals surface area contributed by atoms with E-state index in [1.165, 1.54) is 0 Å². The van der Waals surface area contributed by atoms with Crippen LogP contribution < -0.4 is 20.1 Å². The van der Waals surface area contributed by atoms with Gasteiger partial charge >= 0.3 is 0 Å². The number of hydrogen-bond acceptors (Lipinski definition) is 4. The Kier molecular flexibility index (Phi) is 7.48. The van der Waals surface area contributed by atoms with Crippen LogP contribution in [0.25, 0.3) is 0 Å². The van der Waals surface area contributed by atoms with Gasteiger partial charge in [0.2, 0.25) is 5.91 Å². The number of nitrogens with one attached hydrogen (secondary N) is 2. The summed E-state index contributed by atoms with van der Waals surface area (Å²) < 4.78 is 10.6. The number of halogens is 1. The van der Waals surface area contributed by atoms with Gasteiger partial charge in [0.15, 0.2) is 11.5 Å². The van der Waals surface area contributed by atoms with Gasteiger partial charge in [0.05, 0.1) is 14.2 Å². The molecule has 1 heterocycles. The highest BCUT2D eigenvalue weighted by atomic mass is 35.5. The van der Waals surface area contributed by atoms with E-state index in [4.69, 9.17) is 9.47 Å². The quantitative estimate of drug-likeness (QED) is 0.869. The monoisotopic (exact) mass is 328 g/mol. The molecule has 1 aliphatic rings. The average molecular weight is 329 g/mol. The Hall–Kier alpha value is -1.46. The highest BCUT2D eigenvalue weighted by Crippen LogP contribution is 2.30. The van der Waals surface area contributed by atoms with Crippen LogP contribution in [0.1, 0.15) is 25.3 Å². The average Bonchev–Trinajstić information content (AvgIpc) is 2.51. The van der Waals surface area contributed by atoms with Gasteiger partial charge < -0.3 is 20.1 Å². The summed E-state index contributed by atoms with van der Waals surface area (Å²) in [6.45, 7) is 3.48. The SMILES string of the molecule is COc1cccc(CNC(=O)[C@H]2CCN[C@@H](C)C2)c1OC.Cl. The first-order chi connectivity index (χ1) is 10.2. The van der Waals surface area contributed by atoms with Gasteiger partial charge in [-0.15, -0.1) is 12.4 Å². The number of rotatable bonds is 5. The Morgan fingerprint density at radius 3 is 2.77 bits per heavy atom. The van der Waals surface area contributed by atoms with Crippen LogP contribution in [0.3, 0.4) is 0 Å². The van der Waals surface area contributed by atoms with Crippen molar-refractivity contribution in [3.05, 3.63) is 23.8 Å². The van der Waals surface area contributed by atoms with E-state index >= 15 is 0 Å². The van der Waals surface area contributed by atoms with Crippen molar-refractivity contribution >= 4 is 18.3 Å². The van der Waals surface area contributed by atoms with Crippen LogP contribution in [0.2, 0.25) is 0 Å². The minimum absolute atomic E-state index is 0. The van der Waals surface area contributed by atoms with E-state index in [0.717, 1.165) is 24.9 Å². The Morgan fingerprint density at radius 2 is 2.14 bits per heavy atom. The van der Waals surface area contributed by atoms with Gasteiger partial charge in [-0.2, -0.15) is 0 Å².